The third kappa shape index (κ3) is 2.74. The normalized spacial score (nSPS) is 26.8. The summed E-state index contributed by atoms with van der Waals surface area (Å²) < 4.78 is 0. The van der Waals surface area contributed by atoms with Crippen LogP contribution in [-0.4, -0.2) is 45.3 Å². The van der Waals surface area contributed by atoms with Gasteiger partial charge >= 0.3 is 0 Å². The number of nitrogens with zero attached hydrogens (tertiary/aromatic N) is 1. The van der Waals surface area contributed by atoms with E-state index in [4.69, 9.17) is 0 Å². The van der Waals surface area contributed by atoms with Crippen LogP contribution in [0.3, 0.4) is 0 Å². The molecule has 0 spiro atoms. The number of β-amino-alcohol motifs (C(OH)–C–C–N with tert-alkyl or cyclic N) is 1. The van der Waals surface area contributed by atoms with E-state index < -0.39 is 11.0 Å². The molecule has 2 unspecified atom stereocenters. The number of hydrogen-bond donors (Lipinski definition) is 3. The molecule has 0 radical (unpaired) electrons. The maximum Gasteiger partial charge on any atom is 0.115 e. The molecule has 1 fully saturated rings. The van der Waals surface area contributed by atoms with E-state index in [2.05, 4.69) is 47.7 Å². The third-order valence-electron chi connectivity index (χ3n) is 7.11. The highest BCUT2D eigenvalue weighted by Gasteiger charge is 2.57. The van der Waals surface area contributed by atoms with E-state index in [1.54, 1.807) is 6.07 Å². The Morgan fingerprint density at radius 3 is 2.86 bits per heavy atom. The number of aromatic nitrogens is 1. The minimum atomic E-state index is -0.908. The van der Waals surface area contributed by atoms with E-state index >= 15 is 0 Å². The molecule has 29 heavy (non-hydrogen) atoms. The van der Waals surface area contributed by atoms with Crippen LogP contribution in [0.2, 0.25) is 0 Å². The van der Waals surface area contributed by atoms with Crippen LogP contribution in [0, 0.1) is 6.92 Å². The molecule has 4 heteroatoms. The monoisotopic (exact) mass is 388 g/mol. The molecule has 1 aliphatic heterocycles. The number of fused-ring (bicyclic) bond motifs is 4. The van der Waals surface area contributed by atoms with Gasteiger partial charge in [-0.3, -0.25) is 4.90 Å². The molecule has 2 aliphatic rings. The number of phenols is 1. The quantitative estimate of drug-likeness (QED) is 0.598. The number of phenolic OH excluding ortho intramolecular Hbond substituents is 1. The van der Waals surface area contributed by atoms with Crippen molar-refractivity contribution in [2.24, 2.45) is 0 Å². The lowest BCUT2D eigenvalue weighted by atomic mass is 9.56. The fraction of sp³-hybridized carbons (Fsp3) is 0.360. The summed E-state index contributed by atoms with van der Waals surface area (Å²) in [5.74, 6) is 0.255. The largest absolute Gasteiger partial charge is 0.508 e. The third-order valence-corrected chi connectivity index (χ3v) is 7.11. The Balaban J connectivity index is 1.69. The van der Waals surface area contributed by atoms with Gasteiger partial charge in [-0.05, 0) is 54.8 Å². The molecular formula is C25H28N2O2. The number of benzene rings is 2. The molecule has 5 rings (SSSR count). The maximum atomic E-state index is 12.2. The highest BCUT2D eigenvalue weighted by molar-refractivity contribution is 5.86. The molecule has 1 aromatic heterocycles. The first-order valence-corrected chi connectivity index (χ1v) is 10.4. The second kappa shape index (κ2) is 6.48. The van der Waals surface area contributed by atoms with E-state index in [1.165, 1.54) is 22.2 Å². The second-order valence-electron chi connectivity index (χ2n) is 8.92. The molecule has 2 aromatic carbocycles. The van der Waals surface area contributed by atoms with Crippen molar-refractivity contribution in [1.29, 1.82) is 0 Å². The lowest BCUT2D eigenvalue weighted by Gasteiger charge is -2.56. The molecule has 2 atom stereocenters. The van der Waals surface area contributed by atoms with Crippen molar-refractivity contribution in [3.8, 4) is 5.75 Å². The van der Waals surface area contributed by atoms with E-state index in [-0.39, 0.29) is 5.75 Å². The standard InChI is InChI=1S/C25H28N2O2/c1-3-10-27-11-9-24(18-5-4-6-19(28)13-18)15-23-21(14-25(24,29)16-27)20-8-7-17(2)12-22(20)26-23/h3-8,12-13,26,28-29H,1,9-11,14-16H2,2H3. The minimum Gasteiger partial charge on any atom is -0.508 e. The number of piperidine rings is 1. The van der Waals surface area contributed by atoms with Gasteiger partial charge < -0.3 is 15.2 Å². The van der Waals surface area contributed by atoms with Crippen molar-refractivity contribution < 1.29 is 10.2 Å². The number of H-pyrrole nitrogens is 1. The van der Waals surface area contributed by atoms with Crippen LogP contribution in [0.1, 0.15) is 28.8 Å². The molecule has 1 saturated heterocycles. The molecule has 0 bridgehead atoms. The molecule has 2 heterocycles. The van der Waals surface area contributed by atoms with Gasteiger partial charge in [0, 0.05) is 47.9 Å². The summed E-state index contributed by atoms with van der Waals surface area (Å²) in [5, 5.41) is 23.6. The molecule has 3 aromatic rings. The van der Waals surface area contributed by atoms with Crippen LogP contribution in [0.4, 0.5) is 0 Å². The Labute approximate surface area is 171 Å². The second-order valence-corrected chi connectivity index (χ2v) is 8.92. The summed E-state index contributed by atoms with van der Waals surface area (Å²) in [6.45, 7) is 8.27. The predicted molar refractivity (Wildman–Crippen MR) is 116 cm³/mol. The molecule has 0 amide bonds. The van der Waals surface area contributed by atoms with Gasteiger partial charge in [0.15, 0.2) is 0 Å². The van der Waals surface area contributed by atoms with Crippen LogP contribution < -0.4 is 0 Å². The van der Waals surface area contributed by atoms with Crippen LogP contribution in [-0.2, 0) is 18.3 Å². The topological polar surface area (TPSA) is 59.5 Å². The van der Waals surface area contributed by atoms with E-state index in [1.807, 2.05) is 18.2 Å². The van der Waals surface area contributed by atoms with Crippen molar-refractivity contribution in [3.63, 3.8) is 0 Å². The summed E-state index contributed by atoms with van der Waals surface area (Å²) in [6.07, 6.45) is 4.11. The highest BCUT2D eigenvalue weighted by atomic mass is 16.3. The number of rotatable bonds is 3. The Morgan fingerprint density at radius 2 is 2.07 bits per heavy atom. The average Bonchev–Trinajstić information content (AvgIpc) is 3.01. The molecule has 150 valence electrons. The minimum absolute atomic E-state index is 0.255. The molecule has 3 N–H and O–H groups in total. The van der Waals surface area contributed by atoms with E-state index in [9.17, 15) is 10.2 Å². The van der Waals surface area contributed by atoms with Crippen molar-refractivity contribution >= 4 is 10.9 Å². The predicted octanol–water partition coefficient (Wildman–Crippen LogP) is 3.84. The smallest absolute Gasteiger partial charge is 0.115 e. The van der Waals surface area contributed by atoms with Gasteiger partial charge in [0.2, 0.25) is 0 Å². The zero-order valence-electron chi connectivity index (χ0n) is 16.9. The summed E-state index contributed by atoms with van der Waals surface area (Å²) in [4.78, 5) is 5.94. The van der Waals surface area contributed by atoms with Crippen molar-refractivity contribution in [2.75, 3.05) is 19.6 Å². The number of hydrogen-bond acceptors (Lipinski definition) is 3. The number of aryl methyl sites for hydroxylation is 1. The molecule has 0 saturated carbocycles. The van der Waals surface area contributed by atoms with Gasteiger partial charge in [-0.25, -0.2) is 0 Å². The molecular weight excluding hydrogens is 360 g/mol. The first kappa shape index (κ1) is 18.5. The summed E-state index contributed by atoms with van der Waals surface area (Å²) >= 11 is 0. The Hall–Kier alpha value is -2.56. The van der Waals surface area contributed by atoms with Crippen LogP contribution in [0.15, 0.2) is 55.1 Å². The fourth-order valence-corrected chi connectivity index (χ4v) is 5.69. The summed E-state index contributed by atoms with van der Waals surface area (Å²) in [6, 6.07) is 14.0. The first-order chi connectivity index (χ1) is 13.9. The summed E-state index contributed by atoms with van der Waals surface area (Å²) in [5.41, 5.74) is 4.52. The van der Waals surface area contributed by atoms with E-state index in [0.717, 1.165) is 37.0 Å². The van der Waals surface area contributed by atoms with Crippen molar-refractivity contribution in [1.82, 2.24) is 9.88 Å². The fourth-order valence-electron chi connectivity index (χ4n) is 5.69. The lowest BCUT2D eigenvalue weighted by Crippen LogP contribution is -2.66. The Bertz CT molecular complexity index is 1100. The summed E-state index contributed by atoms with van der Waals surface area (Å²) in [7, 11) is 0. The van der Waals surface area contributed by atoms with E-state index in [0.29, 0.717) is 13.0 Å². The number of aliphatic hydroxyl groups is 1. The van der Waals surface area contributed by atoms with Gasteiger partial charge in [-0.15, -0.1) is 6.58 Å². The Kier molecular flexibility index (Phi) is 4.12. The highest BCUT2D eigenvalue weighted by Crippen LogP contribution is 2.51. The number of aromatic amines is 1. The van der Waals surface area contributed by atoms with Crippen LogP contribution >= 0.6 is 0 Å². The first-order valence-electron chi connectivity index (χ1n) is 10.4. The Morgan fingerprint density at radius 1 is 1.21 bits per heavy atom. The number of aromatic hydroxyl groups is 1. The van der Waals surface area contributed by atoms with Crippen LogP contribution in [0.5, 0.6) is 5.75 Å². The lowest BCUT2D eigenvalue weighted by molar-refractivity contribution is -0.100. The van der Waals surface area contributed by atoms with Gasteiger partial charge in [0.1, 0.15) is 5.75 Å². The number of likely N-dealkylation sites (tertiary alicyclic amines) is 1. The molecule has 4 nitrogen and oxygen atoms in total. The zero-order chi connectivity index (χ0) is 20.2. The SMILES string of the molecule is C=CCN1CCC2(c3cccc(O)c3)Cc3[nH]c4cc(C)ccc4c3CC2(O)C1. The number of nitrogens with one attached hydrogen (secondary N) is 1. The maximum absolute atomic E-state index is 12.2. The van der Waals surface area contributed by atoms with Crippen molar-refractivity contribution in [3.05, 3.63) is 77.5 Å². The van der Waals surface area contributed by atoms with Crippen molar-refractivity contribution in [2.45, 2.75) is 37.2 Å². The van der Waals surface area contributed by atoms with Gasteiger partial charge in [0.25, 0.3) is 0 Å². The van der Waals surface area contributed by atoms with Gasteiger partial charge in [0.05, 0.1) is 5.60 Å². The zero-order valence-corrected chi connectivity index (χ0v) is 16.9. The van der Waals surface area contributed by atoms with Gasteiger partial charge in [-0.2, -0.15) is 0 Å². The van der Waals surface area contributed by atoms with Gasteiger partial charge in [-0.1, -0.05) is 30.3 Å². The van der Waals surface area contributed by atoms with Crippen LogP contribution in [0.25, 0.3) is 10.9 Å². The molecule has 1 aliphatic carbocycles. The average molecular weight is 389 g/mol.